The standard InChI is InChI=1S/C16H22N2O2S/c1-11-6-15(21-10-11)16(19)18-8-13-14(9-18)20-5-4-17(13)7-12-2-3-12/h6,10,12-14H,2-5,7-9H2,1H3/t13-,14-/m0/s1. The third-order valence-corrected chi connectivity index (χ3v) is 5.87. The van der Waals surface area contributed by atoms with E-state index in [2.05, 4.69) is 4.90 Å². The highest BCUT2D eigenvalue weighted by atomic mass is 32.1. The van der Waals surface area contributed by atoms with Crippen LogP contribution in [0.4, 0.5) is 0 Å². The summed E-state index contributed by atoms with van der Waals surface area (Å²) in [6, 6.07) is 2.40. The molecule has 4 rings (SSSR count). The maximum Gasteiger partial charge on any atom is 0.264 e. The number of fused-ring (bicyclic) bond motifs is 1. The van der Waals surface area contributed by atoms with Gasteiger partial charge in [0.15, 0.2) is 0 Å². The molecule has 0 spiro atoms. The molecular weight excluding hydrogens is 284 g/mol. The van der Waals surface area contributed by atoms with Crippen molar-refractivity contribution in [3.8, 4) is 0 Å². The molecule has 1 aromatic rings. The predicted octanol–water partition coefficient (Wildman–Crippen LogP) is 1.99. The third kappa shape index (κ3) is 2.74. The minimum atomic E-state index is 0.178. The zero-order valence-electron chi connectivity index (χ0n) is 12.5. The molecule has 2 atom stereocenters. The molecule has 3 aliphatic rings. The summed E-state index contributed by atoms with van der Waals surface area (Å²) in [6.45, 7) is 6.66. The lowest BCUT2D eigenvalue weighted by Crippen LogP contribution is -2.51. The normalized spacial score (nSPS) is 29.7. The van der Waals surface area contributed by atoms with Gasteiger partial charge in [0.2, 0.25) is 0 Å². The Morgan fingerprint density at radius 3 is 3.00 bits per heavy atom. The van der Waals surface area contributed by atoms with Crippen LogP contribution in [0.3, 0.4) is 0 Å². The fourth-order valence-corrected chi connectivity index (χ4v) is 4.35. The predicted molar refractivity (Wildman–Crippen MR) is 82.8 cm³/mol. The molecule has 21 heavy (non-hydrogen) atoms. The van der Waals surface area contributed by atoms with Crippen molar-refractivity contribution in [2.24, 2.45) is 5.92 Å². The first-order chi connectivity index (χ1) is 10.2. The van der Waals surface area contributed by atoms with Crippen LogP contribution < -0.4 is 0 Å². The molecule has 0 radical (unpaired) electrons. The van der Waals surface area contributed by atoms with Crippen LogP contribution >= 0.6 is 11.3 Å². The van der Waals surface area contributed by atoms with Gasteiger partial charge in [0.05, 0.1) is 23.6 Å². The molecule has 3 heterocycles. The third-order valence-electron chi connectivity index (χ3n) is 4.83. The molecule has 1 aromatic heterocycles. The number of aryl methyl sites for hydroxylation is 1. The first-order valence-corrected chi connectivity index (χ1v) is 8.79. The van der Waals surface area contributed by atoms with Crippen LogP contribution in [0.2, 0.25) is 0 Å². The van der Waals surface area contributed by atoms with E-state index >= 15 is 0 Å². The number of rotatable bonds is 3. The molecule has 4 nitrogen and oxygen atoms in total. The quantitative estimate of drug-likeness (QED) is 0.856. The van der Waals surface area contributed by atoms with Gasteiger partial charge in [-0.1, -0.05) is 0 Å². The van der Waals surface area contributed by atoms with E-state index in [1.807, 2.05) is 23.3 Å². The highest BCUT2D eigenvalue weighted by molar-refractivity contribution is 7.12. The summed E-state index contributed by atoms with van der Waals surface area (Å²) < 4.78 is 5.92. The summed E-state index contributed by atoms with van der Waals surface area (Å²) in [5.41, 5.74) is 1.17. The second kappa shape index (κ2) is 5.38. The summed E-state index contributed by atoms with van der Waals surface area (Å²) in [7, 11) is 0. The first-order valence-electron chi connectivity index (χ1n) is 7.91. The van der Waals surface area contributed by atoms with Crippen molar-refractivity contribution in [3.63, 3.8) is 0 Å². The van der Waals surface area contributed by atoms with E-state index in [1.54, 1.807) is 11.3 Å². The van der Waals surface area contributed by atoms with Crippen molar-refractivity contribution in [1.82, 2.24) is 9.80 Å². The molecule has 114 valence electrons. The molecule has 0 bridgehead atoms. The number of amides is 1. The highest BCUT2D eigenvalue weighted by Gasteiger charge is 2.43. The van der Waals surface area contributed by atoms with E-state index in [0.29, 0.717) is 6.04 Å². The fourth-order valence-electron chi connectivity index (χ4n) is 3.48. The summed E-state index contributed by atoms with van der Waals surface area (Å²) >= 11 is 1.55. The van der Waals surface area contributed by atoms with Crippen LogP contribution in [0.5, 0.6) is 0 Å². The molecule has 1 saturated carbocycles. The van der Waals surface area contributed by atoms with E-state index in [4.69, 9.17) is 4.74 Å². The van der Waals surface area contributed by atoms with Crippen LogP contribution in [0.15, 0.2) is 11.4 Å². The SMILES string of the molecule is Cc1csc(C(=O)N2C[C@@H]3OCCN(CC4CC4)[C@H]3C2)c1. The van der Waals surface area contributed by atoms with Gasteiger partial charge in [-0.25, -0.2) is 0 Å². The Kier molecular flexibility index (Phi) is 3.52. The lowest BCUT2D eigenvalue weighted by Gasteiger charge is -2.36. The van der Waals surface area contributed by atoms with Gasteiger partial charge in [0.25, 0.3) is 5.91 Å². The van der Waals surface area contributed by atoms with Crippen LogP contribution in [0, 0.1) is 12.8 Å². The van der Waals surface area contributed by atoms with Gasteiger partial charge in [0, 0.05) is 26.2 Å². The van der Waals surface area contributed by atoms with Crippen molar-refractivity contribution in [2.45, 2.75) is 31.9 Å². The van der Waals surface area contributed by atoms with Crippen LogP contribution in [0.1, 0.15) is 28.1 Å². The molecule has 0 aromatic carbocycles. The molecular formula is C16H22N2O2S. The number of hydrogen-bond donors (Lipinski definition) is 0. The minimum absolute atomic E-state index is 0.178. The van der Waals surface area contributed by atoms with Gasteiger partial charge < -0.3 is 9.64 Å². The maximum absolute atomic E-state index is 12.6. The second-order valence-corrected chi connectivity index (χ2v) is 7.52. The average molecular weight is 306 g/mol. The van der Waals surface area contributed by atoms with Crippen molar-refractivity contribution >= 4 is 17.2 Å². The molecule has 1 amide bonds. The molecule has 0 N–H and O–H groups in total. The highest BCUT2D eigenvalue weighted by Crippen LogP contribution is 2.33. The Morgan fingerprint density at radius 1 is 1.43 bits per heavy atom. The van der Waals surface area contributed by atoms with Gasteiger partial charge in [-0.2, -0.15) is 0 Å². The van der Waals surface area contributed by atoms with E-state index < -0.39 is 0 Å². The van der Waals surface area contributed by atoms with E-state index in [-0.39, 0.29) is 12.0 Å². The first kappa shape index (κ1) is 13.7. The van der Waals surface area contributed by atoms with Crippen molar-refractivity contribution < 1.29 is 9.53 Å². The van der Waals surface area contributed by atoms with E-state index in [1.165, 1.54) is 24.9 Å². The lowest BCUT2D eigenvalue weighted by atomic mass is 10.1. The summed E-state index contributed by atoms with van der Waals surface area (Å²) in [6.07, 6.45) is 2.97. The number of carbonyl (C=O) groups is 1. The number of hydrogen-bond acceptors (Lipinski definition) is 4. The molecule has 1 aliphatic carbocycles. The summed E-state index contributed by atoms with van der Waals surface area (Å²) in [4.78, 5) is 18.0. The number of nitrogens with zero attached hydrogens (tertiary/aromatic N) is 2. The number of morpholine rings is 1. The van der Waals surface area contributed by atoms with E-state index in [9.17, 15) is 4.79 Å². The average Bonchev–Trinajstić information content (AvgIpc) is 3.01. The second-order valence-electron chi connectivity index (χ2n) is 6.61. The Labute approximate surface area is 129 Å². The number of ether oxygens (including phenoxy) is 1. The molecule has 0 unspecified atom stereocenters. The zero-order chi connectivity index (χ0) is 14.4. The van der Waals surface area contributed by atoms with Gasteiger partial charge in [-0.3, -0.25) is 9.69 Å². The monoisotopic (exact) mass is 306 g/mol. The molecule has 2 aliphatic heterocycles. The largest absolute Gasteiger partial charge is 0.373 e. The Morgan fingerprint density at radius 2 is 2.29 bits per heavy atom. The molecule has 3 fully saturated rings. The van der Waals surface area contributed by atoms with Crippen LogP contribution in [-0.2, 0) is 4.74 Å². The minimum Gasteiger partial charge on any atom is -0.373 e. The van der Waals surface area contributed by atoms with Crippen molar-refractivity contribution in [2.75, 3.05) is 32.8 Å². The number of likely N-dealkylation sites (tertiary alicyclic amines) is 1. The smallest absolute Gasteiger partial charge is 0.264 e. The Balaban J connectivity index is 1.45. The van der Waals surface area contributed by atoms with Crippen LogP contribution in [-0.4, -0.2) is 60.6 Å². The van der Waals surface area contributed by atoms with Crippen molar-refractivity contribution in [3.05, 3.63) is 21.9 Å². The topological polar surface area (TPSA) is 32.8 Å². The van der Waals surface area contributed by atoms with Gasteiger partial charge in [-0.05, 0) is 42.7 Å². The molecule has 5 heteroatoms. The number of carbonyl (C=O) groups excluding carboxylic acids is 1. The van der Waals surface area contributed by atoms with Crippen molar-refractivity contribution in [1.29, 1.82) is 0 Å². The maximum atomic E-state index is 12.6. The van der Waals surface area contributed by atoms with E-state index in [0.717, 1.165) is 37.0 Å². The Hall–Kier alpha value is -0.910. The van der Waals surface area contributed by atoms with Crippen LogP contribution in [0.25, 0.3) is 0 Å². The zero-order valence-corrected chi connectivity index (χ0v) is 13.3. The summed E-state index contributed by atoms with van der Waals surface area (Å²) in [5.74, 6) is 1.07. The Bertz CT molecular complexity index is 540. The van der Waals surface area contributed by atoms with Gasteiger partial charge in [-0.15, -0.1) is 11.3 Å². The number of thiophene rings is 1. The summed E-state index contributed by atoms with van der Waals surface area (Å²) in [5, 5.41) is 2.05. The fraction of sp³-hybridized carbons (Fsp3) is 0.688. The lowest BCUT2D eigenvalue weighted by molar-refractivity contribution is -0.0484. The van der Waals surface area contributed by atoms with Gasteiger partial charge >= 0.3 is 0 Å². The molecule has 2 saturated heterocycles. The van der Waals surface area contributed by atoms with Gasteiger partial charge in [0.1, 0.15) is 0 Å².